The van der Waals surface area contributed by atoms with E-state index in [4.69, 9.17) is 21.7 Å². The standard InChI is InChI=1S/C13H16BrClN2O.C2H6/c1-8(16)13-11(15)4-10(14)5-12(13)17-6-9-2-3-18-7-9;1-2/h4-5,9,16-17H,2-3,6-7H2,1H3;1-2H3. The highest BCUT2D eigenvalue weighted by atomic mass is 79.9. The third-order valence-corrected chi connectivity index (χ3v) is 3.79. The maximum atomic E-state index is 7.81. The van der Waals surface area contributed by atoms with Gasteiger partial charge in [-0.15, -0.1) is 0 Å². The predicted octanol–water partition coefficient (Wildman–Crippen LogP) is 4.96. The third-order valence-electron chi connectivity index (χ3n) is 3.04. The molecule has 1 fully saturated rings. The molecule has 1 aromatic carbocycles. The number of halogens is 2. The molecular formula is C15H22BrClN2O. The van der Waals surface area contributed by atoms with Gasteiger partial charge in [0.05, 0.1) is 11.6 Å². The average Bonchev–Trinajstić information content (AvgIpc) is 2.90. The lowest BCUT2D eigenvalue weighted by atomic mass is 10.1. The van der Waals surface area contributed by atoms with Crippen molar-refractivity contribution in [3.05, 3.63) is 27.2 Å². The van der Waals surface area contributed by atoms with Crippen LogP contribution in [0.2, 0.25) is 5.02 Å². The Hall–Kier alpha value is -0.580. The van der Waals surface area contributed by atoms with Gasteiger partial charge in [-0.05, 0) is 25.5 Å². The van der Waals surface area contributed by atoms with E-state index in [0.29, 0.717) is 16.7 Å². The molecule has 0 bridgehead atoms. The van der Waals surface area contributed by atoms with E-state index in [1.807, 2.05) is 26.0 Å². The lowest BCUT2D eigenvalue weighted by Crippen LogP contribution is -2.16. The van der Waals surface area contributed by atoms with E-state index in [0.717, 1.165) is 41.9 Å². The Morgan fingerprint density at radius 1 is 1.50 bits per heavy atom. The van der Waals surface area contributed by atoms with E-state index < -0.39 is 0 Å². The summed E-state index contributed by atoms with van der Waals surface area (Å²) >= 11 is 9.62. The van der Waals surface area contributed by atoms with Crippen molar-refractivity contribution in [1.29, 1.82) is 5.41 Å². The second-order valence-electron chi connectivity index (χ2n) is 4.55. The maximum Gasteiger partial charge on any atom is 0.0528 e. The summed E-state index contributed by atoms with van der Waals surface area (Å²) in [5.74, 6) is 0.543. The van der Waals surface area contributed by atoms with Crippen LogP contribution in [0.4, 0.5) is 5.69 Å². The van der Waals surface area contributed by atoms with Crippen molar-refractivity contribution >= 4 is 38.9 Å². The molecule has 1 aromatic rings. The normalized spacial score (nSPS) is 17.4. The SMILES string of the molecule is CC.CC(=N)c1c(Cl)cc(Br)cc1NCC1CCOC1. The molecule has 5 heteroatoms. The number of rotatable bonds is 4. The molecule has 112 valence electrons. The van der Waals surface area contributed by atoms with Crippen LogP contribution < -0.4 is 5.32 Å². The Morgan fingerprint density at radius 3 is 2.75 bits per heavy atom. The minimum absolute atomic E-state index is 0.470. The lowest BCUT2D eigenvalue weighted by Gasteiger charge is -2.16. The van der Waals surface area contributed by atoms with Crippen molar-refractivity contribution < 1.29 is 4.74 Å². The van der Waals surface area contributed by atoms with Gasteiger partial charge in [-0.1, -0.05) is 41.4 Å². The molecule has 3 nitrogen and oxygen atoms in total. The van der Waals surface area contributed by atoms with Gasteiger partial charge in [0.15, 0.2) is 0 Å². The second-order valence-corrected chi connectivity index (χ2v) is 5.87. The van der Waals surface area contributed by atoms with Gasteiger partial charge in [-0.25, -0.2) is 0 Å². The van der Waals surface area contributed by atoms with Gasteiger partial charge < -0.3 is 15.5 Å². The highest BCUT2D eigenvalue weighted by Gasteiger charge is 2.17. The van der Waals surface area contributed by atoms with E-state index in [9.17, 15) is 0 Å². The van der Waals surface area contributed by atoms with Gasteiger partial charge in [0, 0.05) is 40.5 Å². The molecular weight excluding hydrogens is 340 g/mol. The van der Waals surface area contributed by atoms with Crippen LogP contribution in [0.25, 0.3) is 0 Å². The topological polar surface area (TPSA) is 45.1 Å². The molecule has 0 spiro atoms. The summed E-state index contributed by atoms with van der Waals surface area (Å²) in [6.45, 7) is 8.27. The van der Waals surface area contributed by atoms with Gasteiger partial charge in [0.1, 0.15) is 0 Å². The van der Waals surface area contributed by atoms with E-state index in [-0.39, 0.29) is 0 Å². The fraction of sp³-hybridized carbons (Fsp3) is 0.533. The predicted molar refractivity (Wildman–Crippen MR) is 90.4 cm³/mol. The minimum atomic E-state index is 0.470. The molecule has 2 N–H and O–H groups in total. The van der Waals surface area contributed by atoms with E-state index in [1.165, 1.54) is 0 Å². The van der Waals surface area contributed by atoms with Crippen LogP contribution in [0.5, 0.6) is 0 Å². The Labute approximate surface area is 134 Å². The van der Waals surface area contributed by atoms with Gasteiger partial charge in [0.25, 0.3) is 0 Å². The van der Waals surface area contributed by atoms with Crippen LogP contribution >= 0.6 is 27.5 Å². The molecule has 2 rings (SSSR count). The molecule has 1 heterocycles. The summed E-state index contributed by atoms with van der Waals surface area (Å²) in [5, 5.41) is 11.8. The Kier molecular flexibility index (Phi) is 7.56. The molecule has 20 heavy (non-hydrogen) atoms. The lowest BCUT2D eigenvalue weighted by molar-refractivity contribution is 0.187. The molecule has 0 aliphatic carbocycles. The number of ether oxygens (including phenoxy) is 1. The van der Waals surface area contributed by atoms with Crippen molar-refractivity contribution in [2.24, 2.45) is 5.92 Å². The maximum absolute atomic E-state index is 7.81. The fourth-order valence-electron chi connectivity index (χ4n) is 2.09. The molecule has 1 saturated heterocycles. The van der Waals surface area contributed by atoms with Gasteiger partial charge >= 0.3 is 0 Å². The van der Waals surface area contributed by atoms with Crippen molar-refractivity contribution in [2.75, 3.05) is 25.1 Å². The largest absolute Gasteiger partial charge is 0.384 e. The van der Waals surface area contributed by atoms with Crippen LogP contribution in [-0.2, 0) is 4.74 Å². The first-order valence-electron chi connectivity index (χ1n) is 6.94. The zero-order valence-corrected chi connectivity index (χ0v) is 14.6. The second kappa shape index (κ2) is 8.65. The average molecular weight is 362 g/mol. The highest BCUT2D eigenvalue weighted by Crippen LogP contribution is 2.30. The minimum Gasteiger partial charge on any atom is -0.384 e. The van der Waals surface area contributed by atoms with Crippen molar-refractivity contribution in [3.8, 4) is 0 Å². The van der Waals surface area contributed by atoms with Crippen LogP contribution in [0.3, 0.4) is 0 Å². The number of anilines is 1. The summed E-state index contributed by atoms with van der Waals surface area (Å²) in [7, 11) is 0. The number of benzene rings is 1. The van der Waals surface area contributed by atoms with Crippen LogP contribution in [0.1, 0.15) is 32.8 Å². The highest BCUT2D eigenvalue weighted by molar-refractivity contribution is 9.10. The zero-order chi connectivity index (χ0) is 15.1. The summed E-state index contributed by atoms with van der Waals surface area (Å²) in [4.78, 5) is 0. The van der Waals surface area contributed by atoms with Crippen LogP contribution in [0.15, 0.2) is 16.6 Å². The molecule has 0 aromatic heterocycles. The van der Waals surface area contributed by atoms with Crippen LogP contribution in [0, 0.1) is 11.3 Å². The number of hydrogen-bond acceptors (Lipinski definition) is 3. The molecule has 1 aliphatic heterocycles. The molecule has 1 aliphatic rings. The first-order valence-corrected chi connectivity index (χ1v) is 8.11. The smallest absolute Gasteiger partial charge is 0.0528 e. The van der Waals surface area contributed by atoms with Crippen LogP contribution in [-0.4, -0.2) is 25.5 Å². The molecule has 1 atom stereocenters. The zero-order valence-electron chi connectivity index (χ0n) is 12.2. The van der Waals surface area contributed by atoms with Crippen molar-refractivity contribution in [1.82, 2.24) is 0 Å². The Morgan fingerprint density at radius 2 is 2.20 bits per heavy atom. The van der Waals surface area contributed by atoms with E-state index in [2.05, 4.69) is 21.2 Å². The third kappa shape index (κ3) is 4.76. The Bertz CT molecular complexity index is 459. The van der Waals surface area contributed by atoms with Gasteiger partial charge in [-0.3, -0.25) is 0 Å². The molecule has 0 radical (unpaired) electrons. The Balaban J connectivity index is 0.000000956. The summed E-state index contributed by atoms with van der Waals surface area (Å²) in [5.41, 5.74) is 2.16. The summed E-state index contributed by atoms with van der Waals surface area (Å²) < 4.78 is 6.27. The van der Waals surface area contributed by atoms with Gasteiger partial charge in [0.2, 0.25) is 0 Å². The van der Waals surface area contributed by atoms with E-state index in [1.54, 1.807) is 6.92 Å². The molecule has 0 saturated carbocycles. The molecule has 0 amide bonds. The summed E-state index contributed by atoms with van der Waals surface area (Å²) in [6, 6.07) is 3.79. The van der Waals surface area contributed by atoms with Gasteiger partial charge in [-0.2, -0.15) is 0 Å². The monoisotopic (exact) mass is 360 g/mol. The first kappa shape index (κ1) is 17.5. The molecule has 1 unspecified atom stereocenters. The van der Waals surface area contributed by atoms with E-state index >= 15 is 0 Å². The van der Waals surface area contributed by atoms with Crippen molar-refractivity contribution in [3.63, 3.8) is 0 Å². The van der Waals surface area contributed by atoms with Crippen molar-refractivity contribution in [2.45, 2.75) is 27.2 Å². The number of hydrogen-bond donors (Lipinski definition) is 2. The quantitative estimate of drug-likeness (QED) is 0.744. The first-order chi connectivity index (χ1) is 9.58. The number of nitrogens with one attached hydrogen (secondary N) is 2. The fourth-order valence-corrected chi connectivity index (χ4v) is 3.04. The summed E-state index contributed by atoms with van der Waals surface area (Å²) in [6.07, 6.45) is 1.09.